The third-order valence-corrected chi connectivity index (χ3v) is 3.68. The van der Waals surface area contributed by atoms with Gasteiger partial charge in [0.05, 0.1) is 11.1 Å². The van der Waals surface area contributed by atoms with Crippen LogP contribution in [0.25, 0.3) is 11.5 Å². The molecule has 0 saturated carbocycles. The quantitative estimate of drug-likeness (QED) is 0.644. The molecule has 5 nitrogen and oxygen atoms in total. The lowest BCUT2D eigenvalue weighted by Crippen LogP contribution is -2.07. The molecular weight excluding hydrogens is 367 g/mol. The number of hydrogen-bond acceptors (Lipinski definition) is 5. The normalized spacial score (nSPS) is 10.5. The molecule has 0 aliphatic heterocycles. The number of carbonyl (C=O) groups is 1. The van der Waals surface area contributed by atoms with Crippen LogP contribution < -0.4 is 0 Å². The molecule has 0 radical (unpaired) electrons. The van der Waals surface area contributed by atoms with Gasteiger partial charge in [0.1, 0.15) is 5.82 Å². The van der Waals surface area contributed by atoms with Crippen molar-refractivity contribution in [1.29, 1.82) is 0 Å². The predicted molar refractivity (Wildman–Crippen MR) is 83.0 cm³/mol. The molecule has 7 heteroatoms. The van der Waals surface area contributed by atoms with E-state index in [1.807, 2.05) is 24.3 Å². The number of esters is 1. The second-order valence-corrected chi connectivity index (χ2v) is 5.39. The predicted octanol–water partition coefficient (Wildman–Crippen LogP) is 4.00. The summed E-state index contributed by atoms with van der Waals surface area (Å²) < 4.78 is 24.7. The van der Waals surface area contributed by atoms with Crippen LogP contribution in [0.5, 0.6) is 0 Å². The summed E-state index contributed by atoms with van der Waals surface area (Å²) in [5.74, 6) is -1.00. The minimum atomic E-state index is -0.788. The second kappa shape index (κ2) is 6.70. The lowest BCUT2D eigenvalue weighted by molar-refractivity contribution is 0.0433. The van der Waals surface area contributed by atoms with Crippen molar-refractivity contribution < 1.29 is 18.3 Å². The van der Waals surface area contributed by atoms with Crippen molar-refractivity contribution >= 4 is 21.9 Å². The van der Waals surface area contributed by atoms with E-state index in [1.165, 1.54) is 18.2 Å². The third-order valence-electron chi connectivity index (χ3n) is 2.99. The molecule has 1 aromatic heterocycles. The molecule has 1 heterocycles. The van der Waals surface area contributed by atoms with Crippen LogP contribution in [-0.2, 0) is 11.3 Å². The van der Waals surface area contributed by atoms with Gasteiger partial charge in [-0.05, 0) is 40.2 Å². The molecule has 116 valence electrons. The summed E-state index contributed by atoms with van der Waals surface area (Å²) in [5.41, 5.74) is 0.588. The summed E-state index contributed by atoms with van der Waals surface area (Å²) >= 11 is 3.39. The van der Waals surface area contributed by atoms with E-state index in [9.17, 15) is 9.18 Å². The van der Waals surface area contributed by atoms with Crippen molar-refractivity contribution in [3.63, 3.8) is 0 Å². The number of halogens is 2. The molecule has 0 spiro atoms. The molecule has 0 atom stereocenters. The first-order chi connectivity index (χ1) is 11.1. The maximum absolute atomic E-state index is 13.5. The number of nitrogens with zero attached hydrogens (tertiary/aromatic N) is 2. The zero-order chi connectivity index (χ0) is 16.2. The average molecular weight is 377 g/mol. The first kappa shape index (κ1) is 15.4. The maximum atomic E-state index is 13.5. The molecule has 0 amide bonds. The third kappa shape index (κ3) is 3.45. The van der Waals surface area contributed by atoms with Gasteiger partial charge in [-0.1, -0.05) is 24.3 Å². The second-order valence-electron chi connectivity index (χ2n) is 4.54. The minimum absolute atomic E-state index is 0.125. The van der Waals surface area contributed by atoms with E-state index in [-0.39, 0.29) is 18.1 Å². The fourth-order valence-corrected chi connectivity index (χ4v) is 2.34. The van der Waals surface area contributed by atoms with Crippen LogP contribution in [0, 0.1) is 5.82 Å². The highest BCUT2D eigenvalue weighted by Crippen LogP contribution is 2.26. The number of rotatable bonds is 4. The summed E-state index contributed by atoms with van der Waals surface area (Å²) in [6.45, 7) is -0.232. The number of benzene rings is 2. The first-order valence-electron chi connectivity index (χ1n) is 6.64. The molecule has 0 fully saturated rings. The fourth-order valence-electron chi connectivity index (χ4n) is 1.89. The lowest BCUT2D eigenvalue weighted by atomic mass is 10.2. The van der Waals surface area contributed by atoms with E-state index in [4.69, 9.17) is 9.15 Å². The van der Waals surface area contributed by atoms with Crippen LogP contribution in [0.1, 0.15) is 16.2 Å². The summed E-state index contributed by atoms with van der Waals surface area (Å²) in [4.78, 5) is 11.8. The minimum Gasteiger partial charge on any atom is -0.452 e. The number of carbonyl (C=O) groups excluding carboxylic acids is 1. The first-order valence-corrected chi connectivity index (χ1v) is 7.43. The van der Waals surface area contributed by atoms with Gasteiger partial charge in [0, 0.05) is 4.47 Å². The highest BCUT2D eigenvalue weighted by atomic mass is 79.9. The van der Waals surface area contributed by atoms with Gasteiger partial charge in [-0.3, -0.25) is 0 Å². The van der Waals surface area contributed by atoms with Gasteiger partial charge in [-0.2, -0.15) is 0 Å². The van der Waals surface area contributed by atoms with Gasteiger partial charge >= 0.3 is 5.97 Å². The zero-order valence-corrected chi connectivity index (χ0v) is 13.3. The van der Waals surface area contributed by atoms with Gasteiger partial charge in [0.25, 0.3) is 5.89 Å². The average Bonchev–Trinajstić information content (AvgIpc) is 3.02. The Morgan fingerprint density at radius 2 is 1.87 bits per heavy atom. The molecule has 2 aromatic carbocycles. The molecule has 0 aliphatic carbocycles. The van der Waals surface area contributed by atoms with Crippen LogP contribution in [0.3, 0.4) is 0 Å². The molecule has 0 saturated heterocycles. The molecule has 3 rings (SSSR count). The highest BCUT2D eigenvalue weighted by Gasteiger charge is 2.15. The summed E-state index contributed by atoms with van der Waals surface area (Å²) in [6.07, 6.45) is 0. The molecule has 0 unspecified atom stereocenters. The largest absolute Gasteiger partial charge is 0.452 e. The molecule has 3 aromatic rings. The molecular formula is C16H10BrFN2O3. The van der Waals surface area contributed by atoms with Gasteiger partial charge in [-0.15, -0.1) is 10.2 Å². The Balaban J connectivity index is 1.70. The smallest absolute Gasteiger partial charge is 0.341 e. The van der Waals surface area contributed by atoms with Crippen molar-refractivity contribution in [2.45, 2.75) is 6.61 Å². The van der Waals surface area contributed by atoms with E-state index < -0.39 is 11.8 Å². The highest BCUT2D eigenvalue weighted by molar-refractivity contribution is 9.10. The number of aromatic nitrogens is 2. The van der Waals surface area contributed by atoms with E-state index >= 15 is 0 Å². The van der Waals surface area contributed by atoms with E-state index in [1.54, 1.807) is 6.07 Å². The van der Waals surface area contributed by atoms with Crippen LogP contribution in [0.15, 0.2) is 57.4 Å². The molecule has 23 heavy (non-hydrogen) atoms. The van der Waals surface area contributed by atoms with Gasteiger partial charge < -0.3 is 9.15 Å². The van der Waals surface area contributed by atoms with Crippen molar-refractivity contribution in [3.05, 3.63) is 70.3 Å². The van der Waals surface area contributed by atoms with Gasteiger partial charge in [-0.25, -0.2) is 9.18 Å². The zero-order valence-electron chi connectivity index (χ0n) is 11.7. The Morgan fingerprint density at radius 1 is 1.13 bits per heavy atom. The topological polar surface area (TPSA) is 65.2 Å². The maximum Gasteiger partial charge on any atom is 0.341 e. The van der Waals surface area contributed by atoms with Crippen LogP contribution in [0.2, 0.25) is 0 Å². The Bertz CT molecular complexity index is 851. The van der Waals surface area contributed by atoms with Crippen molar-refractivity contribution in [3.8, 4) is 11.5 Å². The van der Waals surface area contributed by atoms with Crippen molar-refractivity contribution in [1.82, 2.24) is 10.2 Å². The van der Waals surface area contributed by atoms with E-state index in [0.717, 1.165) is 10.0 Å². The molecule has 0 bridgehead atoms. The van der Waals surface area contributed by atoms with E-state index in [2.05, 4.69) is 26.1 Å². The lowest BCUT2D eigenvalue weighted by Gasteiger charge is -2.02. The van der Waals surface area contributed by atoms with Crippen LogP contribution >= 0.6 is 15.9 Å². The summed E-state index contributed by atoms with van der Waals surface area (Å²) in [7, 11) is 0. The van der Waals surface area contributed by atoms with Crippen molar-refractivity contribution in [2.24, 2.45) is 0 Å². The SMILES string of the molecule is O=C(OCc1nnc(-c2ccccc2Br)o1)c1ccccc1F. The Morgan fingerprint density at radius 3 is 2.65 bits per heavy atom. The fraction of sp³-hybridized carbons (Fsp3) is 0.0625. The summed E-state index contributed by atoms with van der Waals surface area (Å²) in [6, 6.07) is 12.9. The Kier molecular flexibility index (Phi) is 4.47. The van der Waals surface area contributed by atoms with Crippen LogP contribution in [0.4, 0.5) is 4.39 Å². The Labute approximate surface area is 139 Å². The van der Waals surface area contributed by atoms with E-state index in [0.29, 0.717) is 5.89 Å². The summed E-state index contributed by atoms with van der Waals surface area (Å²) in [5, 5.41) is 7.72. The molecule has 0 N–H and O–H groups in total. The van der Waals surface area contributed by atoms with Crippen LogP contribution in [-0.4, -0.2) is 16.2 Å². The standard InChI is InChI=1S/C16H10BrFN2O3/c17-12-7-3-1-5-10(12)15-20-19-14(23-15)9-22-16(21)11-6-2-4-8-13(11)18/h1-8H,9H2. The number of hydrogen-bond donors (Lipinski definition) is 0. The molecule has 0 aliphatic rings. The van der Waals surface area contributed by atoms with Gasteiger partial charge in [0.15, 0.2) is 6.61 Å². The van der Waals surface area contributed by atoms with Crippen molar-refractivity contribution in [2.75, 3.05) is 0 Å². The monoisotopic (exact) mass is 376 g/mol. The number of ether oxygens (including phenoxy) is 1. The van der Waals surface area contributed by atoms with Gasteiger partial charge in [0.2, 0.25) is 5.89 Å². The Hall–Kier alpha value is -2.54.